The predicted molar refractivity (Wildman–Crippen MR) is 109 cm³/mol. The number of aryl methyl sites for hydroxylation is 4. The second kappa shape index (κ2) is 6.68. The molecule has 2 nitrogen and oxygen atoms in total. The maximum absolute atomic E-state index is 5.84. The molecule has 2 heteroatoms. The standard InChI is InChI=1S/C24H26O2/c1-15-16(2)22-14-18-8-6-5-7-17-11-19(23(25-3)21(15)13-17)9-10-20(12-18)24(22)26-4/h9-14H,5-8H2,1-4H3. The molecule has 0 heterocycles. The van der Waals surface area contributed by atoms with E-state index in [0.29, 0.717) is 0 Å². The summed E-state index contributed by atoms with van der Waals surface area (Å²) in [5.41, 5.74) is 5.29. The second-order valence-electron chi connectivity index (χ2n) is 7.32. The average Bonchev–Trinajstić information content (AvgIpc) is 2.66. The van der Waals surface area contributed by atoms with E-state index in [0.717, 1.165) is 35.1 Å². The molecule has 3 aromatic carbocycles. The van der Waals surface area contributed by atoms with Crippen LogP contribution in [0.3, 0.4) is 0 Å². The minimum absolute atomic E-state index is 0.961. The van der Waals surface area contributed by atoms with Gasteiger partial charge in [-0.2, -0.15) is 0 Å². The number of hydrogen-bond acceptors (Lipinski definition) is 2. The molecule has 3 aromatic rings. The summed E-state index contributed by atoms with van der Waals surface area (Å²) in [6.45, 7) is 4.40. The van der Waals surface area contributed by atoms with Gasteiger partial charge in [-0.3, -0.25) is 0 Å². The first-order valence-corrected chi connectivity index (χ1v) is 9.40. The maximum Gasteiger partial charge on any atom is 0.133 e. The third kappa shape index (κ3) is 2.74. The molecule has 0 saturated carbocycles. The van der Waals surface area contributed by atoms with Gasteiger partial charge in [0.05, 0.1) is 14.2 Å². The van der Waals surface area contributed by atoms with Crippen LogP contribution in [-0.4, -0.2) is 14.2 Å². The van der Waals surface area contributed by atoms with Crippen LogP contribution in [0.2, 0.25) is 0 Å². The van der Waals surface area contributed by atoms with Gasteiger partial charge in [-0.05, 0) is 86.1 Å². The summed E-state index contributed by atoms with van der Waals surface area (Å²) in [5, 5.41) is 4.67. The summed E-state index contributed by atoms with van der Waals surface area (Å²) in [5.74, 6) is 1.92. The lowest BCUT2D eigenvalue weighted by molar-refractivity contribution is 0.423. The van der Waals surface area contributed by atoms with Crippen molar-refractivity contribution in [1.82, 2.24) is 0 Å². The Hall–Kier alpha value is -2.48. The largest absolute Gasteiger partial charge is 0.495 e. The fraction of sp³-hybridized carbons (Fsp3) is 0.333. The number of hydrogen-bond donors (Lipinski definition) is 0. The Kier molecular flexibility index (Phi) is 4.36. The monoisotopic (exact) mass is 346 g/mol. The van der Waals surface area contributed by atoms with Crippen molar-refractivity contribution in [3.8, 4) is 11.5 Å². The fourth-order valence-corrected chi connectivity index (χ4v) is 4.22. The fourth-order valence-electron chi connectivity index (χ4n) is 4.22. The van der Waals surface area contributed by atoms with E-state index < -0.39 is 0 Å². The van der Waals surface area contributed by atoms with Crippen molar-refractivity contribution in [3.05, 3.63) is 58.7 Å². The summed E-state index contributed by atoms with van der Waals surface area (Å²) >= 11 is 0. The lowest BCUT2D eigenvalue weighted by Gasteiger charge is -2.16. The Bertz CT molecular complexity index is 948. The predicted octanol–water partition coefficient (Wildman–Crippen LogP) is 6.07. The summed E-state index contributed by atoms with van der Waals surface area (Å²) in [6.07, 6.45) is 4.63. The molecule has 0 saturated heterocycles. The van der Waals surface area contributed by atoms with Crippen molar-refractivity contribution < 1.29 is 9.47 Å². The van der Waals surface area contributed by atoms with E-state index in [2.05, 4.69) is 50.2 Å². The van der Waals surface area contributed by atoms with E-state index >= 15 is 0 Å². The molecule has 2 aliphatic carbocycles. The second-order valence-corrected chi connectivity index (χ2v) is 7.32. The number of benzene rings is 2. The van der Waals surface area contributed by atoms with Crippen molar-refractivity contribution in [1.29, 1.82) is 0 Å². The van der Waals surface area contributed by atoms with E-state index in [-0.39, 0.29) is 0 Å². The smallest absolute Gasteiger partial charge is 0.133 e. The van der Waals surface area contributed by atoms with Gasteiger partial charge in [0, 0.05) is 21.5 Å². The molecule has 0 spiro atoms. The molecule has 0 unspecified atom stereocenters. The van der Waals surface area contributed by atoms with Crippen LogP contribution in [0.4, 0.5) is 0 Å². The molecular formula is C24H26O2. The summed E-state index contributed by atoms with van der Waals surface area (Å²) < 4.78 is 11.7. The SMILES string of the molecule is COc1c2ccc3cc4cc(c(C)c(C)c1cc(c2)CCCC4)c3OC. The molecule has 5 rings (SSSR count). The van der Waals surface area contributed by atoms with Crippen molar-refractivity contribution in [2.24, 2.45) is 0 Å². The highest BCUT2D eigenvalue weighted by molar-refractivity contribution is 5.91. The first-order valence-electron chi connectivity index (χ1n) is 9.40. The van der Waals surface area contributed by atoms with Crippen LogP contribution < -0.4 is 9.47 Å². The van der Waals surface area contributed by atoms with Crippen LogP contribution in [-0.2, 0) is 12.8 Å². The van der Waals surface area contributed by atoms with Gasteiger partial charge in [0.1, 0.15) is 11.5 Å². The van der Waals surface area contributed by atoms with E-state index in [1.807, 2.05) is 0 Å². The Morgan fingerprint density at radius 3 is 1.46 bits per heavy atom. The molecule has 0 N–H and O–H groups in total. The Morgan fingerprint density at radius 2 is 1.08 bits per heavy atom. The third-order valence-electron chi connectivity index (χ3n) is 5.76. The minimum atomic E-state index is 0.961. The number of rotatable bonds is 2. The van der Waals surface area contributed by atoms with Crippen LogP contribution in [0, 0.1) is 13.8 Å². The third-order valence-corrected chi connectivity index (χ3v) is 5.76. The highest BCUT2D eigenvalue weighted by Gasteiger charge is 2.13. The molecule has 0 aliphatic heterocycles. The zero-order valence-electron chi connectivity index (χ0n) is 16.1. The minimum Gasteiger partial charge on any atom is -0.495 e. The number of fused-ring (bicyclic) bond motifs is 5. The first kappa shape index (κ1) is 17.0. The Labute approximate surface area is 155 Å². The highest BCUT2D eigenvalue weighted by atomic mass is 16.5. The van der Waals surface area contributed by atoms with Crippen molar-refractivity contribution in [2.45, 2.75) is 39.5 Å². The topological polar surface area (TPSA) is 18.5 Å². The van der Waals surface area contributed by atoms with Gasteiger partial charge in [-0.15, -0.1) is 0 Å². The molecular weight excluding hydrogens is 320 g/mol. The van der Waals surface area contributed by atoms with Gasteiger partial charge in [0.2, 0.25) is 0 Å². The molecule has 0 aromatic heterocycles. The highest BCUT2D eigenvalue weighted by Crippen LogP contribution is 2.37. The van der Waals surface area contributed by atoms with Gasteiger partial charge >= 0.3 is 0 Å². The average molecular weight is 346 g/mol. The lowest BCUT2D eigenvalue weighted by atomic mass is 9.93. The van der Waals surface area contributed by atoms with Gasteiger partial charge in [-0.25, -0.2) is 0 Å². The number of ether oxygens (including phenoxy) is 2. The van der Waals surface area contributed by atoms with Crippen LogP contribution in [0.1, 0.15) is 35.1 Å². The Morgan fingerprint density at radius 1 is 0.654 bits per heavy atom. The summed E-state index contributed by atoms with van der Waals surface area (Å²) in [6, 6.07) is 13.5. The van der Waals surface area contributed by atoms with Gasteiger partial charge < -0.3 is 9.47 Å². The van der Waals surface area contributed by atoms with E-state index in [4.69, 9.17) is 9.47 Å². The molecule has 134 valence electrons. The van der Waals surface area contributed by atoms with Gasteiger partial charge in [0.15, 0.2) is 0 Å². The van der Waals surface area contributed by atoms with Crippen molar-refractivity contribution in [3.63, 3.8) is 0 Å². The van der Waals surface area contributed by atoms with Crippen molar-refractivity contribution >= 4 is 21.5 Å². The molecule has 6 bridgehead atoms. The van der Waals surface area contributed by atoms with Gasteiger partial charge in [0.25, 0.3) is 0 Å². The molecule has 0 fully saturated rings. The first-order chi connectivity index (χ1) is 12.6. The van der Waals surface area contributed by atoms with E-state index in [1.54, 1.807) is 14.2 Å². The van der Waals surface area contributed by atoms with E-state index in [1.165, 1.54) is 45.9 Å². The maximum atomic E-state index is 5.84. The molecule has 0 atom stereocenters. The molecule has 0 radical (unpaired) electrons. The van der Waals surface area contributed by atoms with Crippen LogP contribution in [0.15, 0.2) is 36.4 Å². The molecule has 0 amide bonds. The zero-order chi connectivity index (χ0) is 18.3. The van der Waals surface area contributed by atoms with E-state index in [9.17, 15) is 0 Å². The summed E-state index contributed by atoms with van der Waals surface area (Å²) in [7, 11) is 3.54. The van der Waals surface area contributed by atoms with Gasteiger partial charge in [-0.1, -0.05) is 12.1 Å². The quantitative estimate of drug-likeness (QED) is 0.561. The molecule has 2 aliphatic rings. The lowest BCUT2D eigenvalue weighted by Crippen LogP contribution is -1.97. The van der Waals surface area contributed by atoms with Crippen molar-refractivity contribution in [2.75, 3.05) is 14.2 Å². The Balaban J connectivity index is 2.32. The van der Waals surface area contributed by atoms with Crippen LogP contribution >= 0.6 is 0 Å². The zero-order valence-corrected chi connectivity index (χ0v) is 16.1. The summed E-state index contributed by atoms with van der Waals surface area (Å²) in [4.78, 5) is 0. The van der Waals surface area contributed by atoms with Crippen LogP contribution in [0.25, 0.3) is 21.5 Å². The number of methoxy groups -OCH3 is 2. The molecule has 26 heavy (non-hydrogen) atoms. The normalized spacial score (nSPS) is 13.5. The van der Waals surface area contributed by atoms with Crippen LogP contribution in [0.5, 0.6) is 11.5 Å².